The number of nitrogens with two attached hydrogens (primary N) is 1. The lowest BCUT2D eigenvalue weighted by Gasteiger charge is -2.37. The van der Waals surface area contributed by atoms with Gasteiger partial charge >= 0.3 is 0 Å². The number of carbonyl (C=O) groups excluding carboxylic acids is 1. The number of amides is 1. The fourth-order valence-electron chi connectivity index (χ4n) is 2.53. The summed E-state index contributed by atoms with van der Waals surface area (Å²) in [5, 5.41) is 0. The highest BCUT2D eigenvalue weighted by Crippen LogP contribution is 2.19. The molecule has 0 aromatic heterocycles. The van der Waals surface area contributed by atoms with Gasteiger partial charge in [0.05, 0.1) is 11.6 Å². The van der Waals surface area contributed by atoms with Crippen molar-refractivity contribution in [1.29, 1.82) is 0 Å². The molecule has 0 aliphatic carbocycles. The number of likely N-dealkylation sites (tertiary alicyclic amines) is 1. The molecule has 1 saturated heterocycles. The van der Waals surface area contributed by atoms with Crippen molar-refractivity contribution in [2.45, 2.75) is 64.5 Å². The largest absolute Gasteiger partial charge is 0.376 e. The fourth-order valence-corrected chi connectivity index (χ4v) is 2.53. The topological polar surface area (TPSA) is 55.6 Å². The number of piperidine rings is 1. The Bertz CT molecular complexity index is 267. The lowest BCUT2D eigenvalue weighted by Crippen LogP contribution is -2.56. The number of hydrogen-bond donors (Lipinski definition) is 1. The van der Waals surface area contributed by atoms with Crippen molar-refractivity contribution in [3.63, 3.8) is 0 Å². The summed E-state index contributed by atoms with van der Waals surface area (Å²) in [5.74, 6) is 0.0779. The molecule has 2 atom stereocenters. The molecule has 4 nitrogen and oxygen atoms in total. The minimum atomic E-state index is -0.721. The van der Waals surface area contributed by atoms with Gasteiger partial charge in [-0.1, -0.05) is 20.3 Å². The zero-order valence-electron chi connectivity index (χ0n) is 12.1. The van der Waals surface area contributed by atoms with E-state index in [2.05, 4.69) is 13.8 Å². The maximum atomic E-state index is 12.4. The van der Waals surface area contributed by atoms with Gasteiger partial charge in [-0.25, -0.2) is 0 Å². The fraction of sp³-hybridized carbons (Fsp3) is 0.929. The molecule has 0 radical (unpaired) electrons. The molecule has 1 fully saturated rings. The molecular formula is C14H28N2O2. The van der Waals surface area contributed by atoms with Gasteiger partial charge in [0.15, 0.2) is 0 Å². The van der Waals surface area contributed by atoms with Gasteiger partial charge in [0.1, 0.15) is 0 Å². The third-order valence-electron chi connectivity index (χ3n) is 3.48. The summed E-state index contributed by atoms with van der Waals surface area (Å²) in [6.07, 6.45) is 4.96. The van der Waals surface area contributed by atoms with Crippen LogP contribution in [0.1, 0.15) is 52.9 Å². The van der Waals surface area contributed by atoms with Crippen molar-refractivity contribution in [3.05, 3.63) is 0 Å². The number of carbonyl (C=O) groups is 1. The molecule has 0 aromatic rings. The molecule has 0 aromatic carbocycles. The summed E-state index contributed by atoms with van der Waals surface area (Å²) in [6, 6.07) is 0. The second-order valence-corrected chi connectivity index (χ2v) is 5.55. The van der Waals surface area contributed by atoms with Crippen LogP contribution in [0.5, 0.6) is 0 Å². The van der Waals surface area contributed by atoms with Crippen molar-refractivity contribution in [3.8, 4) is 0 Å². The van der Waals surface area contributed by atoms with Gasteiger partial charge < -0.3 is 15.4 Å². The Hall–Kier alpha value is -0.610. The third-order valence-corrected chi connectivity index (χ3v) is 3.48. The van der Waals surface area contributed by atoms with E-state index in [1.165, 1.54) is 0 Å². The van der Waals surface area contributed by atoms with Crippen molar-refractivity contribution < 1.29 is 9.53 Å². The number of rotatable bonds is 6. The van der Waals surface area contributed by atoms with E-state index in [-0.39, 0.29) is 12.0 Å². The summed E-state index contributed by atoms with van der Waals surface area (Å²) in [7, 11) is 0. The molecule has 0 saturated carbocycles. The van der Waals surface area contributed by atoms with Gasteiger partial charge in [-0.3, -0.25) is 4.79 Å². The van der Waals surface area contributed by atoms with Crippen LogP contribution < -0.4 is 5.73 Å². The average molecular weight is 256 g/mol. The van der Waals surface area contributed by atoms with Gasteiger partial charge in [-0.2, -0.15) is 0 Å². The first-order chi connectivity index (χ1) is 8.51. The molecule has 2 N–H and O–H groups in total. The predicted octanol–water partition coefficient (Wildman–Crippen LogP) is 1.92. The normalized spacial score (nSPS) is 23.8. The first kappa shape index (κ1) is 15.4. The second kappa shape index (κ2) is 7.10. The Kier molecular flexibility index (Phi) is 6.09. The van der Waals surface area contributed by atoms with E-state index in [1.54, 1.807) is 0 Å². The first-order valence-corrected chi connectivity index (χ1v) is 7.21. The van der Waals surface area contributed by atoms with E-state index in [9.17, 15) is 4.79 Å². The Morgan fingerprint density at radius 2 is 2.17 bits per heavy atom. The zero-order chi connectivity index (χ0) is 13.6. The molecular weight excluding hydrogens is 228 g/mol. The van der Waals surface area contributed by atoms with Crippen molar-refractivity contribution in [1.82, 2.24) is 4.90 Å². The minimum Gasteiger partial charge on any atom is -0.376 e. The van der Waals surface area contributed by atoms with Crippen LogP contribution in [0.15, 0.2) is 0 Å². The highest BCUT2D eigenvalue weighted by Gasteiger charge is 2.34. The standard InChI is InChI=1S/C14H28N2O2/c1-4-8-14(3,15)13(17)16-9-6-7-12(11-16)18-10-5-2/h12H,4-11,15H2,1-3H3. The first-order valence-electron chi connectivity index (χ1n) is 7.21. The Morgan fingerprint density at radius 1 is 1.44 bits per heavy atom. The molecule has 1 aliphatic rings. The highest BCUT2D eigenvalue weighted by molar-refractivity contribution is 5.85. The molecule has 1 amide bonds. The number of ether oxygens (including phenoxy) is 1. The monoisotopic (exact) mass is 256 g/mol. The van der Waals surface area contributed by atoms with Crippen molar-refractivity contribution >= 4 is 5.91 Å². The Labute approximate surface area is 111 Å². The predicted molar refractivity (Wildman–Crippen MR) is 73.3 cm³/mol. The van der Waals surface area contributed by atoms with Crippen LogP contribution in [-0.2, 0) is 9.53 Å². The molecule has 1 aliphatic heterocycles. The van der Waals surface area contributed by atoms with E-state index in [0.717, 1.165) is 45.3 Å². The molecule has 1 heterocycles. The maximum absolute atomic E-state index is 12.4. The van der Waals surface area contributed by atoms with Crippen molar-refractivity contribution in [2.75, 3.05) is 19.7 Å². The second-order valence-electron chi connectivity index (χ2n) is 5.55. The average Bonchev–Trinajstić information content (AvgIpc) is 2.35. The van der Waals surface area contributed by atoms with E-state index in [4.69, 9.17) is 10.5 Å². The van der Waals surface area contributed by atoms with E-state index < -0.39 is 5.54 Å². The Balaban J connectivity index is 2.52. The molecule has 1 rings (SSSR count). The van der Waals surface area contributed by atoms with Crippen molar-refractivity contribution in [2.24, 2.45) is 5.73 Å². The number of hydrogen-bond acceptors (Lipinski definition) is 3. The number of nitrogens with zero attached hydrogens (tertiary/aromatic N) is 1. The molecule has 0 spiro atoms. The summed E-state index contributed by atoms with van der Waals surface area (Å²) < 4.78 is 5.75. The molecule has 2 unspecified atom stereocenters. The summed E-state index contributed by atoms with van der Waals surface area (Å²) in [4.78, 5) is 14.3. The van der Waals surface area contributed by atoms with Crippen LogP contribution in [0.3, 0.4) is 0 Å². The van der Waals surface area contributed by atoms with Crippen LogP contribution in [0, 0.1) is 0 Å². The van der Waals surface area contributed by atoms with Gasteiger partial charge in [-0.15, -0.1) is 0 Å². The van der Waals surface area contributed by atoms with Gasteiger partial charge in [0, 0.05) is 19.7 Å². The Morgan fingerprint density at radius 3 is 2.78 bits per heavy atom. The van der Waals surface area contributed by atoms with Crippen LogP contribution in [-0.4, -0.2) is 42.1 Å². The SMILES string of the molecule is CCCOC1CCCN(C(=O)C(C)(N)CCC)C1. The van der Waals surface area contributed by atoms with E-state index in [0.29, 0.717) is 6.54 Å². The summed E-state index contributed by atoms with van der Waals surface area (Å²) in [6.45, 7) is 8.30. The van der Waals surface area contributed by atoms with Crippen LogP contribution in [0.4, 0.5) is 0 Å². The molecule has 18 heavy (non-hydrogen) atoms. The molecule has 4 heteroatoms. The maximum Gasteiger partial charge on any atom is 0.242 e. The van der Waals surface area contributed by atoms with Crippen LogP contribution in [0.25, 0.3) is 0 Å². The van der Waals surface area contributed by atoms with Gasteiger partial charge in [-0.05, 0) is 32.6 Å². The smallest absolute Gasteiger partial charge is 0.242 e. The van der Waals surface area contributed by atoms with Gasteiger partial charge in [0.25, 0.3) is 0 Å². The minimum absolute atomic E-state index is 0.0779. The van der Waals surface area contributed by atoms with E-state index >= 15 is 0 Å². The lowest BCUT2D eigenvalue weighted by atomic mass is 9.94. The third kappa shape index (κ3) is 4.25. The lowest BCUT2D eigenvalue weighted by molar-refractivity contribution is -0.140. The summed E-state index contributed by atoms with van der Waals surface area (Å²) >= 11 is 0. The van der Waals surface area contributed by atoms with Gasteiger partial charge in [0.2, 0.25) is 5.91 Å². The highest BCUT2D eigenvalue weighted by atomic mass is 16.5. The molecule has 106 valence electrons. The van der Waals surface area contributed by atoms with E-state index in [1.807, 2.05) is 11.8 Å². The van der Waals surface area contributed by atoms with Crippen LogP contribution >= 0.6 is 0 Å². The quantitative estimate of drug-likeness (QED) is 0.790. The zero-order valence-corrected chi connectivity index (χ0v) is 12.1. The molecule has 0 bridgehead atoms. The van der Waals surface area contributed by atoms with Crippen LogP contribution in [0.2, 0.25) is 0 Å². The summed E-state index contributed by atoms with van der Waals surface area (Å²) in [5.41, 5.74) is 5.39.